The van der Waals surface area contributed by atoms with E-state index in [1.54, 1.807) is 0 Å². The fourth-order valence-corrected chi connectivity index (χ4v) is 3.72. The van der Waals surface area contributed by atoms with Gasteiger partial charge in [-0.3, -0.25) is 9.69 Å². The minimum atomic E-state index is 0.219. The number of nitrogens with one attached hydrogen (secondary N) is 1. The summed E-state index contributed by atoms with van der Waals surface area (Å²) in [6.07, 6.45) is 10.1. The monoisotopic (exact) mass is 295 g/mol. The van der Waals surface area contributed by atoms with Crippen molar-refractivity contribution in [1.82, 2.24) is 15.1 Å². The predicted molar refractivity (Wildman–Crippen MR) is 87.4 cm³/mol. The molecular formula is C17H33N3O. The molecule has 1 aliphatic heterocycles. The Labute approximate surface area is 130 Å². The first-order valence-electron chi connectivity index (χ1n) is 8.91. The van der Waals surface area contributed by atoms with Crippen molar-refractivity contribution >= 4 is 5.91 Å². The summed E-state index contributed by atoms with van der Waals surface area (Å²) in [6.45, 7) is 6.16. The highest BCUT2D eigenvalue weighted by molar-refractivity contribution is 5.78. The van der Waals surface area contributed by atoms with Crippen molar-refractivity contribution in [2.75, 3.05) is 33.2 Å². The molecule has 0 aromatic heterocycles. The van der Waals surface area contributed by atoms with E-state index in [0.29, 0.717) is 18.6 Å². The van der Waals surface area contributed by atoms with Crippen molar-refractivity contribution in [3.8, 4) is 0 Å². The second kappa shape index (κ2) is 8.74. The number of likely N-dealkylation sites (N-methyl/N-ethyl adjacent to an activating group) is 1. The molecule has 1 saturated carbocycles. The molecule has 21 heavy (non-hydrogen) atoms. The average Bonchev–Trinajstić information content (AvgIpc) is 2.77. The quantitative estimate of drug-likeness (QED) is 0.790. The van der Waals surface area contributed by atoms with Gasteiger partial charge >= 0.3 is 0 Å². The minimum absolute atomic E-state index is 0.219. The van der Waals surface area contributed by atoms with E-state index in [1.165, 1.54) is 38.5 Å². The number of amides is 1. The summed E-state index contributed by atoms with van der Waals surface area (Å²) in [4.78, 5) is 17.0. The van der Waals surface area contributed by atoms with Gasteiger partial charge < -0.3 is 10.2 Å². The van der Waals surface area contributed by atoms with Crippen LogP contribution in [0, 0.1) is 0 Å². The standard InChI is InChI=1S/C17H33N3O/c1-3-20-12-10-15(11-13-20)18-17(21)14-19(2)16-8-6-4-5-7-9-16/h15-16H,3-14H2,1-2H3,(H,18,21). The number of hydrogen-bond acceptors (Lipinski definition) is 3. The fourth-order valence-electron chi connectivity index (χ4n) is 3.72. The number of hydrogen-bond donors (Lipinski definition) is 1. The van der Waals surface area contributed by atoms with Gasteiger partial charge in [0.05, 0.1) is 6.54 Å². The molecule has 2 aliphatic rings. The molecule has 0 aromatic rings. The van der Waals surface area contributed by atoms with Crippen LogP contribution in [0.25, 0.3) is 0 Å². The summed E-state index contributed by atoms with van der Waals surface area (Å²) in [6, 6.07) is 1.00. The second-order valence-corrected chi connectivity index (χ2v) is 6.84. The van der Waals surface area contributed by atoms with Crippen LogP contribution in [0.3, 0.4) is 0 Å². The van der Waals surface area contributed by atoms with Crippen LogP contribution in [0.5, 0.6) is 0 Å². The van der Waals surface area contributed by atoms with Gasteiger partial charge in [-0.15, -0.1) is 0 Å². The molecule has 1 N–H and O–H groups in total. The molecule has 0 spiro atoms. The van der Waals surface area contributed by atoms with Gasteiger partial charge in [0.25, 0.3) is 0 Å². The van der Waals surface area contributed by atoms with Crippen molar-refractivity contribution < 1.29 is 4.79 Å². The van der Waals surface area contributed by atoms with E-state index in [2.05, 4.69) is 29.1 Å². The van der Waals surface area contributed by atoms with Gasteiger partial charge in [0.1, 0.15) is 0 Å². The maximum absolute atomic E-state index is 12.2. The maximum Gasteiger partial charge on any atom is 0.234 e. The molecule has 0 atom stereocenters. The maximum atomic E-state index is 12.2. The van der Waals surface area contributed by atoms with Crippen molar-refractivity contribution in [2.24, 2.45) is 0 Å². The smallest absolute Gasteiger partial charge is 0.234 e. The summed E-state index contributed by atoms with van der Waals surface area (Å²) < 4.78 is 0. The second-order valence-electron chi connectivity index (χ2n) is 6.84. The van der Waals surface area contributed by atoms with Gasteiger partial charge in [-0.2, -0.15) is 0 Å². The van der Waals surface area contributed by atoms with Gasteiger partial charge in [0.2, 0.25) is 5.91 Å². The number of nitrogens with zero attached hydrogens (tertiary/aromatic N) is 2. The van der Waals surface area contributed by atoms with Crippen LogP contribution in [0.4, 0.5) is 0 Å². The molecule has 1 aliphatic carbocycles. The fraction of sp³-hybridized carbons (Fsp3) is 0.941. The molecule has 1 saturated heterocycles. The summed E-state index contributed by atoms with van der Waals surface area (Å²) in [5.41, 5.74) is 0. The summed E-state index contributed by atoms with van der Waals surface area (Å²) >= 11 is 0. The van der Waals surface area contributed by atoms with Crippen LogP contribution < -0.4 is 5.32 Å². The van der Waals surface area contributed by atoms with Crippen molar-refractivity contribution in [1.29, 1.82) is 0 Å². The molecular weight excluding hydrogens is 262 g/mol. The Bertz CT molecular complexity index is 305. The number of rotatable bonds is 5. The highest BCUT2D eigenvalue weighted by Gasteiger charge is 2.22. The van der Waals surface area contributed by atoms with Crippen LogP contribution >= 0.6 is 0 Å². The number of carbonyl (C=O) groups excluding carboxylic acids is 1. The number of piperidine rings is 1. The van der Waals surface area contributed by atoms with Crippen LogP contribution in [-0.2, 0) is 4.79 Å². The van der Waals surface area contributed by atoms with Crippen LogP contribution in [0.1, 0.15) is 58.3 Å². The zero-order chi connectivity index (χ0) is 15.1. The lowest BCUT2D eigenvalue weighted by atomic mass is 10.0. The molecule has 0 radical (unpaired) electrons. The van der Waals surface area contributed by atoms with E-state index in [0.717, 1.165) is 32.5 Å². The molecule has 0 aromatic carbocycles. The van der Waals surface area contributed by atoms with Gasteiger partial charge in [-0.05, 0) is 39.3 Å². The van der Waals surface area contributed by atoms with E-state index in [1.807, 2.05) is 0 Å². The van der Waals surface area contributed by atoms with Crippen LogP contribution in [0.15, 0.2) is 0 Å². The Morgan fingerprint density at radius 1 is 1.10 bits per heavy atom. The van der Waals surface area contributed by atoms with Crippen molar-refractivity contribution in [3.63, 3.8) is 0 Å². The number of likely N-dealkylation sites (tertiary alicyclic amines) is 1. The molecule has 0 unspecified atom stereocenters. The summed E-state index contributed by atoms with van der Waals surface area (Å²) in [7, 11) is 2.12. The molecule has 0 bridgehead atoms. The Hall–Kier alpha value is -0.610. The third kappa shape index (κ3) is 5.59. The lowest BCUT2D eigenvalue weighted by Crippen LogP contribution is -2.48. The van der Waals surface area contributed by atoms with Crippen molar-refractivity contribution in [3.05, 3.63) is 0 Å². The van der Waals surface area contributed by atoms with Gasteiger partial charge in [0.15, 0.2) is 0 Å². The third-order valence-electron chi connectivity index (χ3n) is 5.24. The highest BCUT2D eigenvalue weighted by atomic mass is 16.2. The van der Waals surface area contributed by atoms with Crippen molar-refractivity contribution in [2.45, 2.75) is 70.4 Å². The minimum Gasteiger partial charge on any atom is -0.352 e. The molecule has 2 fully saturated rings. The van der Waals surface area contributed by atoms with E-state index < -0.39 is 0 Å². The largest absolute Gasteiger partial charge is 0.352 e. The Kier molecular flexibility index (Phi) is 6.97. The SMILES string of the molecule is CCN1CCC(NC(=O)CN(C)C2CCCCCC2)CC1. The Balaban J connectivity index is 1.68. The van der Waals surface area contributed by atoms with E-state index >= 15 is 0 Å². The lowest BCUT2D eigenvalue weighted by Gasteiger charge is -2.32. The van der Waals surface area contributed by atoms with Crippen LogP contribution in [0.2, 0.25) is 0 Å². The van der Waals surface area contributed by atoms with Crippen LogP contribution in [-0.4, -0.2) is 61.0 Å². The molecule has 2 rings (SSSR count). The van der Waals surface area contributed by atoms with E-state index in [4.69, 9.17) is 0 Å². The third-order valence-corrected chi connectivity index (χ3v) is 5.24. The van der Waals surface area contributed by atoms with Gasteiger partial charge in [-0.1, -0.05) is 32.6 Å². The summed E-state index contributed by atoms with van der Waals surface area (Å²) in [5.74, 6) is 0.219. The normalized spacial score (nSPS) is 23.2. The topological polar surface area (TPSA) is 35.6 Å². The lowest BCUT2D eigenvalue weighted by molar-refractivity contribution is -0.123. The zero-order valence-electron chi connectivity index (χ0n) is 13.9. The summed E-state index contributed by atoms with van der Waals surface area (Å²) in [5, 5.41) is 3.24. The highest BCUT2D eigenvalue weighted by Crippen LogP contribution is 2.20. The molecule has 122 valence electrons. The van der Waals surface area contributed by atoms with Gasteiger partial charge in [0, 0.05) is 25.2 Å². The predicted octanol–water partition coefficient (Wildman–Crippen LogP) is 2.24. The van der Waals surface area contributed by atoms with E-state index in [9.17, 15) is 4.79 Å². The first-order chi connectivity index (χ1) is 10.2. The Morgan fingerprint density at radius 2 is 1.71 bits per heavy atom. The van der Waals surface area contributed by atoms with E-state index in [-0.39, 0.29) is 5.91 Å². The number of carbonyl (C=O) groups is 1. The first-order valence-corrected chi connectivity index (χ1v) is 8.91. The average molecular weight is 295 g/mol. The molecule has 1 amide bonds. The van der Waals surface area contributed by atoms with Gasteiger partial charge in [-0.25, -0.2) is 0 Å². The molecule has 4 nitrogen and oxygen atoms in total. The first kappa shape index (κ1) is 16.8. The Morgan fingerprint density at radius 3 is 2.29 bits per heavy atom. The molecule has 4 heteroatoms. The zero-order valence-corrected chi connectivity index (χ0v) is 13.9. The molecule has 1 heterocycles.